The molecule has 3 rings (SSSR count). The summed E-state index contributed by atoms with van der Waals surface area (Å²) in [6.07, 6.45) is 1.19. The lowest BCUT2D eigenvalue weighted by Crippen LogP contribution is -2.48. The van der Waals surface area contributed by atoms with Gasteiger partial charge in [-0.05, 0) is 43.4 Å². The van der Waals surface area contributed by atoms with Gasteiger partial charge in [0.2, 0.25) is 0 Å². The Labute approximate surface area is 129 Å². The summed E-state index contributed by atoms with van der Waals surface area (Å²) in [5.74, 6) is 1.22. The van der Waals surface area contributed by atoms with Crippen LogP contribution in [0.4, 0.5) is 5.13 Å². The molecular weight excluding hydrogens is 282 g/mol. The van der Waals surface area contributed by atoms with Gasteiger partial charge in [-0.1, -0.05) is 25.2 Å². The van der Waals surface area contributed by atoms with Crippen molar-refractivity contribution in [2.24, 2.45) is 11.8 Å². The smallest absolute Gasteiger partial charge is 0.254 e. The maximum Gasteiger partial charge on any atom is 0.254 e. The number of thiazole rings is 1. The van der Waals surface area contributed by atoms with Crippen molar-refractivity contribution in [3.8, 4) is 0 Å². The highest BCUT2D eigenvalue weighted by Crippen LogP contribution is 2.30. The van der Waals surface area contributed by atoms with Crippen LogP contribution in [-0.2, 0) is 0 Å². The lowest BCUT2D eigenvalue weighted by Gasteiger charge is -2.41. The summed E-state index contributed by atoms with van der Waals surface area (Å²) in [5, 5.41) is 0.545. The Bertz CT molecular complexity index is 681. The van der Waals surface area contributed by atoms with Gasteiger partial charge in [0.1, 0.15) is 0 Å². The normalized spacial score (nSPS) is 26.2. The van der Waals surface area contributed by atoms with Crippen LogP contribution in [0.2, 0.25) is 0 Å². The van der Waals surface area contributed by atoms with Gasteiger partial charge in [-0.25, -0.2) is 4.98 Å². The van der Waals surface area contributed by atoms with Crippen molar-refractivity contribution < 1.29 is 4.79 Å². The summed E-state index contributed by atoms with van der Waals surface area (Å²) >= 11 is 1.43. The van der Waals surface area contributed by atoms with Gasteiger partial charge in [-0.3, -0.25) is 4.79 Å². The minimum Gasteiger partial charge on any atom is -0.375 e. The van der Waals surface area contributed by atoms with E-state index in [2.05, 4.69) is 25.8 Å². The van der Waals surface area contributed by atoms with Gasteiger partial charge < -0.3 is 10.6 Å². The molecule has 2 heterocycles. The number of hydrogen-bond acceptors (Lipinski definition) is 4. The Hall–Kier alpha value is -1.62. The summed E-state index contributed by atoms with van der Waals surface area (Å²) in [6.45, 7) is 7.44. The Balaban J connectivity index is 1.91. The number of hydrogen-bond donors (Lipinski definition) is 1. The van der Waals surface area contributed by atoms with Crippen molar-refractivity contribution in [1.82, 2.24) is 9.88 Å². The second kappa shape index (κ2) is 5.30. The number of carbonyl (C=O) groups excluding carboxylic acids is 1. The van der Waals surface area contributed by atoms with Crippen LogP contribution in [0.5, 0.6) is 0 Å². The summed E-state index contributed by atoms with van der Waals surface area (Å²) in [6, 6.07) is 5.95. The van der Waals surface area contributed by atoms with Crippen molar-refractivity contribution >= 4 is 32.6 Å². The molecule has 0 aliphatic carbocycles. The zero-order chi connectivity index (χ0) is 15.1. The molecule has 2 aromatic rings. The third-order valence-electron chi connectivity index (χ3n) is 4.51. The highest BCUT2D eigenvalue weighted by Gasteiger charge is 2.32. The second-order valence-electron chi connectivity index (χ2n) is 6.25. The van der Waals surface area contributed by atoms with E-state index in [9.17, 15) is 4.79 Å². The number of nitrogens with two attached hydrogens (primary N) is 1. The van der Waals surface area contributed by atoms with E-state index in [-0.39, 0.29) is 11.9 Å². The molecule has 0 spiro atoms. The first kappa shape index (κ1) is 14.3. The number of rotatable bonds is 1. The summed E-state index contributed by atoms with van der Waals surface area (Å²) in [4.78, 5) is 19.1. The molecule has 4 nitrogen and oxygen atoms in total. The number of amides is 1. The third-order valence-corrected chi connectivity index (χ3v) is 5.36. The van der Waals surface area contributed by atoms with Gasteiger partial charge in [0, 0.05) is 18.2 Å². The highest BCUT2D eigenvalue weighted by atomic mass is 32.1. The predicted octanol–water partition coefficient (Wildman–Crippen LogP) is 3.39. The molecule has 5 heteroatoms. The van der Waals surface area contributed by atoms with Crippen LogP contribution < -0.4 is 5.73 Å². The Kier molecular flexibility index (Phi) is 3.61. The lowest BCUT2D eigenvalue weighted by molar-refractivity contribution is 0.0456. The molecule has 21 heavy (non-hydrogen) atoms. The predicted molar refractivity (Wildman–Crippen MR) is 87.5 cm³/mol. The van der Waals surface area contributed by atoms with E-state index >= 15 is 0 Å². The fourth-order valence-corrected chi connectivity index (χ4v) is 4.00. The molecule has 1 amide bonds. The summed E-state index contributed by atoms with van der Waals surface area (Å²) in [7, 11) is 0. The molecule has 1 saturated heterocycles. The Morgan fingerprint density at radius 1 is 1.38 bits per heavy atom. The molecule has 0 bridgehead atoms. The molecule has 2 N–H and O–H groups in total. The minimum absolute atomic E-state index is 0.120. The van der Waals surface area contributed by atoms with E-state index in [1.807, 2.05) is 23.1 Å². The molecule has 3 atom stereocenters. The van der Waals surface area contributed by atoms with Crippen molar-refractivity contribution in [2.75, 3.05) is 12.3 Å². The number of fused-ring (bicyclic) bond motifs is 1. The van der Waals surface area contributed by atoms with Crippen LogP contribution in [-0.4, -0.2) is 28.4 Å². The number of anilines is 1. The Morgan fingerprint density at radius 3 is 2.90 bits per heavy atom. The monoisotopic (exact) mass is 303 g/mol. The van der Waals surface area contributed by atoms with Crippen LogP contribution in [0.3, 0.4) is 0 Å². The average molecular weight is 303 g/mol. The van der Waals surface area contributed by atoms with Crippen molar-refractivity contribution in [2.45, 2.75) is 33.2 Å². The fourth-order valence-electron chi connectivity index (χ4n) is 3.22. The van der Waals surface area contributed by atoms with Gasteiger partial charge in [-0.2, -0.15) is 0 Å². The molecule has 112 valence electrons. The molecule has 1 aliphatic heterocycles. The maximum absolute atomic E-state index is 12.8. The van der Waals surface area contributed by atoms with Gasteiger partial charge in [-0.15, -0.1) is 0 Å². The first-order chi connectivity index (χ1) is 9.95. The third kappa shape index (κ3) is 2.62. The molecule has 0 radical (unpaired) electrons. The number of nitrogen functional groups attached to an aromatic ring is 1. The first-order valence-corrected chi connectivity index (χ1v) is 8.24. The standard InChI is InChI=1S/C16H21N3OS/c1-9-6-10(2)11(3)19(8-9)15(20)12-4-5-13-14(7-12)21-16(17)18-13/h4-5,7,9-11H,6,8H2,1-3H3,(H2,17,18). The highest BCUT2D eigenvalue weighted by molar-refractivity contribution is 7.22. The van der Waals surface area contributed by atoms with Crippen LogP contribution in [0, 0.1) is 11.8 Å². The maximum atomic E-state index is 12.8. The first-order valence-electron chi connectivity index (χ1n) is 7.42. The molecule has 3 unspecified atom stereocenters. The molecule has 1 aromatic heterocycles. The van der Waals surface area contributed by atoms with Gasteiger partial charge >= 0.3 is 0 Å². The number of piperidine rings is 1. The van der Waals surface area contributed by atoms with Crippen LogP contribution in [0.15, 0.2) is 18.2 Å². The van der Waals surface area contributed by atoms with Gasteiger partial charge in [0.25, 0.3) is 5.91 Å². The number of likely N-dealkylation sites (tertiary alicyclic amines) is 1. The van der Waals surface area contributed by atoms with E-state index in [1.54, 1.807) is 0 Å². The minimum atomic E-state index is 0.120. The van der Waals surface area contributed by atoms with E-state index in [0.717, 1.165) is 22.3 Å². The van der Waals surface area contributed by atoms with E-state index < -0.39 is 0 Å². The zero-order valence-electron chi connectivity index (χ0n) is 12.7. The quantitative estimate of drug-likeness (QED) is 0.878. The van der Waals surface area contributed by atoms with Crippen LogP contribution in [0.1, 0.15) is 37.6 Å². The largest absolute Gasteiger partial charge is 0.375 e. The summed E-state index contributed by atoms with van der Waals surface area (Å²) < 4.78 is 0.976. The van der Waals surface area contributed by atoms with Crippen molar-refractivity contribution in [3.05, 3.63) is 23.8 Å². The van der Waals surface area contributed by atoms with E-state index in [4.69, 9.17) is 5.73 Å². The number of benzene rings is 1. The fraction of sp³-hybridized carbons (Fsp3) is 0.500. The molecule has 1 aromatic carbocycles. The van der Waals surface area contributed by atoms with Crippen LogP contribution >= 0.6 is 11.3 Å². The number of carbonyl (C=O) groups is 1. The molecule has 1 aliphatic rings. The van der Waals surface area contributed by atoms with E-state index in [0.29, 0.717) is 17.0 Å². The Morgan fingerprint density at radius 2 is 2.14 bits per heavy atom. The number of nitrogens with zero attached hydrogens (tertiary/aromatic N) is 2. The SMILES string of the molecule is CC1CC(C)C(C)N(C(=O)c2ccc3nc(N)sc3c2)C1. The van der Waals surface area contributed by atoms with Gasteiger partial charge in [0.05, 0.1) is 10.2 Å². The number of aromatic nitrogens is 1. The second-order valence-corrected chi connectivity index (χ2v) is 7.31. The molecule has 0 saturated carbocycles. The average Bonchev–Trinajstić information content (AvgIpc) is 2.81. The van der Waals surface area contributed by atoms with Crippen molar-refractivity contribution in [1.29, 1.82) is 0 Å². The van der Waals surface area contributed by atoms with E-state index in [1.165, 1.54) is 17.8 Å². The molecule has 1 fully saturated rings. The van der Waals surface area contributed by atoms with Gasteiger partial charge in [0.15, 0.2) is 5.13 Å². The zero-order valence-corrected chi connectivity index (χ0v) is 13.5. The summed E-state index contributed by atoms with van der Waals surface area (Å²) in [5.41, 5.74) is 7.33. The molecular formula is C16H21N3OS. The van der Waals surface area contributed by atoms with Crippen LogP contribution in [0.25, 0.3) is 10.2 Å². The van der Waals surface area contributed by atoms with Crippen molar-refractivity contribution in [3.63, 3.8) is 0 Å². The topological polar surface area (TPSA) is 59.2 Å². The lowest BCUT2D eigenvalue weighted by atomic mass is 9.85.